The van der Waals surface area contributed by atoms with Crippen molar-refractivity contribution in [2.75, 3.05) is 7.05 Å². The normalized spacial score (nSPS) is 31.4. The molecule has 0 radical (unpaired) electrons. The molecule has 2 aliphatic rings. The Morgan fingerprint density at radius 3 is 2.61 bits per heavy atom. The van der Waals surface area contributed by atoms with Crippen LogP contribution < -0.4 is 5.32 Å². The molecule has 18 heavy (non-hydrogen) atoms. The van der Waals surface area contributed by atoms with Crippen molar-refractivity contribution in [2.24, 2.45) is 24.8 Å². The van der Waals surface area contributed by atoms with Crippen molar-refractivity contribution < 1.29 is 0 Å². The second kappa shape index (κ2) is 4.53. The maximum atomic E-state index is 6.33. The van der Waals surface area contributed by atoms with E-state index in [0.717, 1.165) is 35.0 Å². The molecule has 100 valence electrons. The topological polar surface area (TPSA) is 29.9 Å². The molecule has 3 atom stereocenters. The van der Waals surface area contributed by atoms with E-state index in [9.17, 15) is 0 Å². The molecule has 1 heterocycles. The van der Waals surface area contributed by atoms with Crippen LogP contribution in [0, 0.1) is 24.7 Å². The predicted octanol–water partition coefficient (Wildman–Crippen LogP) is 2.56. The largest absolute Gasteiger partial charge is 0.316 e. The molecule has 0 saturated heterocycles. The summed E-state index contributed by atoms with van der Waals surface area (Å²) in [5.74, 6) is 2.84. The number of nitrogens with zero attached hydrogens (tertiary/aromatic N) is 2. The lowest BCUT2D eigenvalue weighted by Gasteiger charge is -2.18. The molecule has 3 rings (SSSR count). The van der Waals surface area contributed by atoms with E-state index in [4.69, 9.17) is 11.6 Å². The van der Waals surface area contributed by atoms with Gasteiger partial charge in [0.1, 0.15) is 5.15 Å². The minimum Gasteiger partial charge on any atom is -0.316 e. The molecule has 0 amide bonds. The van der Waals surface area contributed by atoms with Gasteiger partial charge >= 0.3 is 0 Å². The average Bonchev–Trinajstić information content (AvgIpc) is 2.72. The third-order valence-corrected chi connectivity index (χ3v) is 5.47. The van der Waals surface area contributed by atoms with Gasteiger partial charge in [-0.25, -0.2) is 0 Å². The fraction of sp³-hybridized carbons (Fsp3) is 0.786. The van der Waals surface area contributed by atoms with Crippen molar-refractivity contribution in [1.29, 1.82) is 0 Å². The molecule has 4 heteroatoms. The van der Waals surface area contributed by atoms with Crippen LogP contribution in [-0.4, -0.2) is 22.9 Å². The van der Waals surface area contributed by atoms with Crippen molar-refractivity contribution in [2.45, 2.75) is 38.6 Å². The quantitative estimate of drug-likeness (QED) is 0.909. The first-order valence-corrected chi connectivity index (χ1v) is 7.36. The molecule has 3 nitrogen and oxygen atoms in total. The fourth-order valence-corrected chi connectivity index (χ4v) is 4.28. The zero-order valence-corrected chi connectivity index (χ0v) is 12.2. The van der Waals surface area contributed by atoms with Crippen molar-refractivity contribution >= 4 is 11.6 Å². The first-order chi connectivity index (χ1) is 8.63. The number of halogens is 1. The summed E-state index contributed by atoms with van der Waals surface area (Å²) in [7, 11) is 4.00. The number of fused-ring (bicyclic) bond motifs is 1. The molecular formula is C14H22ClN3. The summed E-state index contributed by atoms with van der Waals surface area (Å²) in [4.78, 5) is 0. The average molecular weight is 268 g/mol. The second-order valence-corrected chi connectivity index (χ2v) is 6.27. The van der Waals surface area contributed by atoms with Gasteiger partial charge in [-0.15, -0.1) is 0 Å². The Morgan fingerprint density at radius 2 is 2.11 bits per heavy atom. The number of nitrogens with one attached hydrogen (secondary N) is 1. The molecule has 0 spiro atoms. The van der Waals surface area contributed by atoms with Gasteiger partial charge < -0.3 is 5.32 Å². The minimum absolute atomic E-state index is 0.570. The van der Waals surface area contributed by atoms with Crippen LogP contribution in [0.5, 0.6) is 0 Å². The Morgan fingerprint density at radius 1 is 1.44 bits per heavy atom. The smallest absolute Gasteiger partial charge is 0.130 e. The van der Waals surface area contributed by atoms with Gasteiger partial charge in [0.25, 0.3) is 0 Å². The van der Waals surface area contributed by atoms with Crippen LogP contribution in [0.3, 0.4) is 0 Å². The highest BCUT2D eigenvalue weighted by Gasteiger charge is 2.55. The maximum absolute atomic E-state index is 6.33. The van der Waals surface area contributed by atoms with E-state index >= 15 is 0 Å². The highest BCUT2D eigenvalue weighted by molar-refractivity contribution is 6.30. The molecule has 0 aromatic carbocycles. The van der Waals surface area contributed by atoms with Crippen LogP contribution in [0.15, 0.2) is 0 Å². The standard InChI is InChI=1S/C14H22ClN3/c1-8-11(14(15)18(3)17-8)7-12(16-2)13-9-5-4-6-10(9)13/h9-10,12-13,16H,4-7H2,1-3H3. The summed E-state index contributed by atoms with van der Waals surface area (Å²) in [6.45, 7) is 2.06. The van der Waals surface area contributed by atoms with Crippen LogP contribution in [0.2, 0.25) is 5.15 Å². The summed E-state index contributed by atoms with van der Waals surface area (Å²) in [6.07, 6.45) is 5.34. The van der Waals surface area contributed by atoms with Gasteiger partial charge in [-0.05, 0) is 51.0 Å². The van der Waals surface area contributed by atoms with Crippen molar-refractivity contribution in [3.8, 4) is 0 Å². The summed E-state index contributed by atoms with van der Waals surface area (Å²) in [5, 5.41) is 8.72. The zero-order valence-electron chi connectivity index (χ0n) is 11.4. The predicted molar refractivity (Wildman–Crippen MR) is 73.8 cm³/mol. The minimum atomic E-state index is 0.570. The first kappa shape index (κ1) is 12.5. The van der Waals surface area contributed by atoms with Crippen LogP contribution in [0.1, 0.15) is 30.5 Å². The molecule has 1 aromatic rings. The molecule has 2 saturated carbocycles. The van der Waals surface area contributed by atoms with Gasteiger partial charge in [-0.3, -0.25) is 4.68 Å². The lowest BCUT2D eigenvalue weighted by Crippen LogP contribution is -2.31. The summed E-state index contributed by atoms with van der Waals surface area (Å²) < 4.78 is 1.78. The van der Waals surface area contributed by atoms with Gasteiger partial charge in [-0.2, -0.15) is 5.10 Å². The molecule has 2 aliphatic carbocycles. The van der Waals surface area contributed by atoms with Crippen LogP contribution in [-0.2, 0) is 13.5 Å². The molecule has 1 N–H and O–H groups in total. The number of hydrogen-bond donors (Lipinski definition) is 1. The van der Waals surface area contributed by atoms with E-state index in [1.807, 2.05) is 7.05 Å². The molecule has 2 fully saturated rings. The Kier molecular flexibility index (Phi) is 3.15. The van der Waals surface area contributed by atoms with Crippen molar-refractivity contribution in [3.05, 3.63) is 16.4 Å². The van der Waals surface area contributed by atoms with Crippen molar-refractivity contribution in [3.63, 3.8) is 0 Å². The van der Waals surface area contributed by atoms with Gasteiger partial charge in [0.05, 0.1) is 5.69 Å². The van der Waals surface area contributed by atoms with Gasteiger partial charge in [0.2, 0.25) is 0 Å². The maximum Gasteiger partial charge on any atom is 0.130 e. The molecule has 1 aromatic heterocycles. The number of hydrogen-bond acceptors (Lipinski definition) is 2. The van der Waals surface area contributed by atoms with Gasteiger partial charge in [-0.1, -0.05) is 18.0 Å². The number of likely N-dealkylation sites (N-methyl/N-ethyl adjacent to an activating group) is 1. The van der Waals surface area contributed by atoms with E-state index in [-0.39, 0.29) is 0 Å². The monoisotopic (exact) mass is 267 g/mol. The highest BCUT2D eigenvalue weighted by atomic mass is 35.5. The summed E-state index contributed by atoms with van der Waals surface area (Å²) in [6, 6.07) is 0.570. The lowest BCUT2D eigenvalue weighted by molar-refractivity contribution is 0.428. The highest BCUT2D eigenvalue weighted by Crippen LogP contribution is 2.59. The van der Waals surface area contributed by atoms with E-state index in [1.165, 1.54) is 24.8 Å². The Labute approximate surface area is 114 Å². The molecule has 0 bridgehead atoms. The van der Waals surface area contributed by atoms with E-state index in [1.54, 1.807) is 4.68 Å². The third kappa shape index (κ3) is 1.88. The molecule has 3 unspecified atom stereocenters. The SMILES string of the molecule is CNC(Cc1c(C)nn(C)c1Cl)C1C2CCCC21. The number of rotatable bonds is 4. The third-order valence-electron chi connectivity index (χ3n) is 5.00. The Bertz CT molecular complexity index is 444. The molecule has 0 aliphatic heterocycles. The second-order valence-electron chi connectivity index (χ2n) is 5.91. The summed E-state index contributed by atoms with van der Waals surface area (Å²) in [5.41, 5.74) is 2.30. The number of aryl methyl sites for hydroxylation is 2. The van der Waals surface area contributed by atoms with Gasteiger partial charge in [0.15, 0.2) is 0 Å². The Hall–Kier alpha value is -0.540. The van der Waals surface area contributed by atoms with Crippen LogP contribution >= 0.6 is 11.6 Å². The van der Waals surface area contributed by atoms with Crippen LogP contribution in [0.4, 0.5) is 0 Å². The zero-order chi connectivity index (χ0) is 12.9. The Balaban J connectivity index is 1.74. The molecular weight excluding hydrogens is 246 g/mol. The van der Waals surface area contributed by atoms with Gasteiger partial charge in [0, 0.05) is 18.7 Å². The fourth-order valence-electron chi connectivity index (χ4n) is 4.03. The summed E-state index contributed by atoms with van der Waals surface area (Å²) >= 11 is 6.33. The van der Waals surface area contributed by atoms with E-state index in [0.29, 0.717) is 6.04 Å². The first-order valence-electron chi connectivity index (χ1n) is 6.98. The number of aromatic nitrogens is 2. The van der Waals surface area contributed by atoms with E-state index < -0.39 is 0 Å². The van der Waals surface area contributed by atoms with E-state index in [2.05, 4.69) is 24.4 Å². The van der Waals surface area contributed by atoms with Crippen LogP contribution in [0.25, 0.3) is 0 Å². The lowest BCUT2D eigenvalue weighted by atomic mass is 9.97. The van der Waals surface area contributed by atoms with Crippen molar-refractivity contribution in [1.82, 2.24) is 15.1 Å².